The van der Waals surface area contributed by atoms with Gasteiger partial charge in [0, 0.05) is 32.0 Å². The molecule has 0 bridgehead atoms. The van der Waals surface area contributed by atoms with Crippen molar-refractivity contribution in [3.63, 3.8) is 0 Å². The number of likely N-dealkylation sites (tertiary alicyclic amines) is 2. The Morgan fingerprint density at radius 2 is 1.92 bits per heavy atom. The molecule has 2 aromatic rings. The van der Waals surface area contributed by atoms with Crippen molar-refractivity contribution < 1.29 is 14.1 Å². The van der Waals surface area contributed by atoms with Gasteiger partial charge >= 0.3 is 0 Å². The van der Waals surface area contributed by atoms with Crippen LogP contribution in [0.25, 0.3) is 0 Å². The fourth-order valence-corrected chi connectivity index (χ4v) is 4.52. The summed E-state index contributed by atoms with van der Waals surface area (Å²) in [5, 5.41) is 3.67. The number of fused-ring (bicyclic) bond motifs is 1. The predicted octanol–water partition coefficient (Wildman–Crippen LogP) is 2.68. The maximum atomic E-state index is 13.0. The molecule has 6 nitrogen and oxygen atoms in total. The lowest BCUT2D eigenvalue weighted by atomic mass is 9.89. The summed E-state index contributed by atoms with van der Waals surface area (Å²) in [4.78, 5) is 29.3. The molecule has 4 rings (SSSR count). The molecule has 2 saturated heterocycles. The van der Waals surface area contributed by atoms with E-state index in [-0.39, 0.29) is 35.6 Å². The number of aromatic nitrogens is 1. The highest BCUT2D eigenvalue weighted by molar-refractivity contribution is 5.92. The van der Waals surface area contributed by atoms with Crippen molar-refractivity contribution in [1.29, 1.82) is 0 Å². The summed E-state index contributed by atoms with van der Waals surface area (Å²) in [6.07, 6.45) is 4.37. The minimum Gasteiger partial charge on any atom is -0.351 e. The average molecular weight is 353 g/mol. The number of amides is 2. The zero-order valence-electron chi connectivity index (χ0n) is 14.9. The second-order valence-corrected chi connectivity index (χ2v) is 7.12. The number of nitrogens with zero attached hydrogens (tertiary/aromatic N) is 3. The summed E-state index contributed by atoms with van der Waals surface area (Å²) in [5.41, 5.74) is 1.17. The van der Waals surface area contributed by atoms with E-state index in [2.05, 4.69) is 17.3 Å². The standard InChI is InChI=1S/C20H23N3O3/c1-14(24)22-12-6-5-9-17-19(22)16(15-7-3-2-4-8-15)13-23(17)20(25)18-10-11-21-26-18/h2-4,7-8,10-11,16-17,19H,5-6,9,12-13H2,1H3/t16-,17-,19-/m0/s1. The smallest absolute Gasteiger partial charge is 0.292 e. The summed E-state index contributed by atoms with van der Waals surface area (Å²) in [7, 11) is 0. The maximum absolute atomic E-state index is 13.0. The Labute approximate surface area is 152 Å². The van der Waals surface area contributed by atoms with E-state index in [4.69, 9.17) is 4.52 Å². The van der Waals surface area contributed by atoms with Crippen LogP contribution in [0.3, 0.4) is 0 Å². The van der Waals surface area contributed by atoms with Gasteiger partial charge in [-0.05, 0) is 24.8 Å². The molecule has 3 atom stereocenters. The van der Waals surface area contributed by atoms with Gasteiger partial charge in [0.05, 0.1) is 18.3 Å². The fourth-order valence-electron chi connectivity index (χ4n) is 4.52. The van der Waals surface area contributed by atoms with E-state index in [1.807, 2.05) is 28.0 Å². The number of benzene rings is 1. The Morgan fingerprint density at radius 1 is 1.12 bits per heavy atom. The fraction of sp³-hybridized carbons (Fsp3) is 0.450. The first-order valence-electron chi connectivity index (χ1n) is 9.20. The maximum Gasteiger partial charge on any atom is 0.292 e. The highest BCUT2D eigenvalue weighted by Gasteiger charge is 2.49. The first-order chi connectivity index (χ1) is 12.7. The van der Waals surface area contributed by atoms with E-state index >= 15 is 0 Å². The van der Waals surface area contributed by atoms with E-state index < -0.39 is 0 Å². The second-order valence-electron chi connectivity index (χ2n) is 7.12. The van der Waals surface area contributed by atoms with Gasteiger partial charge in [-0.1, -0.05) is 35.5 Å². The Bertz CT molecular complexity index is 775. The molecule has 0 unspecified atom stereocenters. The number of carbonyl (C=O) groups is 2. The third-order valence-corrected chi connectivity index (χ3v) is 5.65. The molecule has 0 radical (unpaired) electrons. The molecule has 6 heteroatoms. The van der Waals surface area contributed by atoms with Crippen LogP contribution in [0.1, 0.15) is 48.2 Å². The lowest BCUT2D eigenvalue weighted by Gasteiger charge is -2.34. The van der Waals surface area contributed by atoms with Crippen LogP contribution in [-0.4, -0.2) is 51.9 Å². The van der Waals surface area contributed by atoms with Gasteiger partial charge < -0.3 is 14.3 Å². The van der Waals surface area contributed by atoms with Gasteiger partial charge in [0.25, 0.3) is 5.91 Å². The van der Waals surface area contributed by atoms with Gasteiger partial charge in [-0.15, -0.1) is 0 Å². The third kappa shape index (κ3) is 2.89. The van der Waals surface area contributed by atoms with Crippen molar-refractivity contribution in [3.8, 4) is 0 Å². The van der Waals surface area contributed by atoms with Gasteiger partial charge in [-0.2, -0.15) is 0 Å². The molecule has 1 aromatic heterocycles. The Balaban J connectivity index is 1.74. The monoisotopic (exact) mass is 353 g/mol. The van der Waals surface area contributed by atoms with E-state index in [0.29, 0.717) is 6.54 Å². The molecular weight excluding hydrogens is 330 g/mol. The minimum absolute atomic E-state index is 0.00389. The molecule has 2 fully saturated rings. The Hall–Kier alpha value is -2.63. The third-order valence-electron chi connectivity index (χ3n) is 5.65. The van der Waals surface area contributed by atoms with Gasteiger partial charge in [0.2, 0.25) is 11.7 Å². The predicted molar refractivity (Wildman–Crippen MR) is 95.5 cm³/mol. The summed E-state index contributed by atoms with van der Waals surface area (Å²) in [6, 6.07) is 11.8. The van der Waals surface area contributed by atoms with Gasteiger partial charge in [0.1, 0.15) is 0 Å². The van der Waals surface area contributed by atoms with Crippen LogP contribution in [0.4, 0.5) is 0 Å². The molecule has 2 amide bonds. The zero-order valence-corrected chi connectivity index (χ0v) is 14.9. The SMILES string of the molecule is CC(=O)N1CCCC[C@H]2[C@@H]1[C@H](c1ccccc1)CN2C(=O)c1ccno1. The van der Waals surface area contributed by atoms with Crippen LogP contribution in [0.2, 0.25) is 0 Å². The van der Waals surface area contributed by atoms with Crippen LogP contribution in [0.15, 0.2) is 47.1 Å². The summed E-state index contributed by atoms with van der Waals surface area (Å²) >= 11 is 0. The molecule has 1 aromatic carbocycles. The highest BCUT2D eigenvalue weighted by atomic mass is 16.5. The van der Waals surface area contributed by atoms with E-state index in [0.717, 1.165) is 25.8 Å². The molecule has 0 N–H and O–H groups in total. The van der Waals surface area contributed by atoms with Crippen LogP contribution >= 0.6 is 0 Å². The molecule has 0 spiro atoms. The summed E-state index contributed by atoms with van der Waals surface area (Å²) in [5.74, 6) is 0.310. The molecule has 2 aliphatic rings. The summed E-state index contributed by atoms with van der Waals surface area (Å²) in [6.45, 7) is 2.97. The van der Waals surface area contributed by atoms with Gasteiger partial charge in [-0.25, -0.2) is 0 Å². The molecule has 26 heavy (non-hydrogen) atoms. The lowest BCUT2D eigenvalue weighted by Crippen LogP contribution is -2.48. The number of carbonyl (C=O) groups excluding carboxylic acids is 2. The zero-order chi connectivity index (χ0) is 18.1. The van der Waals surface area contributed by atoms with Crippen molar-refractivity contribution in [2.75, 3.05) is 13.1 Å². The van der Waals surface area contributed by atoms with Crippen LogP contribution < -0.4 is 0 Å². The van der Waals surface area contributed by atoms with E-state index in [1.165, 1.54) is 11.8 Å². The molecule has 2 aliphatic heterocycles. The van der Waals surface area contributed by atoms with Crippen LogP contribution in [0, 0.1) is 0 Å². The number of rotatable bonds is 2. The summed E-state index contributed by atoms with van der Waals surface area (Å²) < 4.78 is 5.11. The molecule has 0 aliphatic carbocycles. The highest BCUT2D eigenvalue weighted by Crippen LogP contribution is 2.40. The first-order valence-corrected chi connectivity index (χ1v) is 9.20. The average Bonchev–Trinajstić information content (AvgIpc) is 3.26. The first kappa shape index (κ1) is 16.8. The quantitative estimate of drug-likeness (QED) is 0.832. The van der Waals surface area contributed by atoms with Crippen LogP contribution in [0.5, 0.6) is 0 Å². The van der Waals surface area contributed by atoms with Crippen molar-refractivity contribution in [1.82, 2.24) is 15.0 Å². The molecule has 0 saturated carbocycles. The molecule has 136 valence electrons. The topological polar surface area (TPSA) is 66.7 Å². The number of hydrogen-bond donors (Lipinski definition) is 0. The van der Waals surface area contributed by atoms with Crippen LogP contribution in [-0.2, 0) is 4.79 Å². The van der Waals surface area contributed by atoms with Crippen molar-refractivity contribution in [3.05, 3.63) is 53.9 Å². The van der Waals surface area contributed by atoms with Crippen molar-refractivity contribution in [2.45, 2.75) is 44.2 Å². The minimum atomic E-state index is -0.138. The number of hydrogen-bond acceptors (Lipinski definition) is 4. The van der Waals surface area contributed by atoms with Crippen molar-refractivity contribution >= 4 is 11.8 Å². The largest absolute Gasteiger partial charge is 0.351 e. The Kier molecular flexibility index (Phi) is 4.49. The lowest BCUT2D eigenvalue weighted by molar-refractivity contribution is -0.131. The second kappa shape index (κ2) is 6.94. The van der Waals surface area contributed by atoms with E-state index in [9.17, 15) is 9.59 Å². The van der Waals surface area contributed by atoms with Crippen molar-refractivity contribution in [2.24, 2.45) is 0 Å². The molecule has 3 heterocycles. The van der Waals surface area contributed by atoms with E-state index in [1.54, 1.807) is 13.0 Å². The normalized spacial score (nSPS) is 25.7. The molecular formula is C20H23N3O3. The van der Waals surface area contributed by atoms with Gasteiger partial charge in [-0.3, -0.25) is 9.59 Å². The Morgan fingerprint density at radius 3 is 2.62 bits per heavy atom. The van der Waals surface area contributed by atoms with Gasteiger partial charge in [0.15, 0.2) is 0 Å².